The molecule has 0 spiro atoms. The third-order valence-corrected chi connectivity index (χ3v) is 5.86. The van der Waals surface area contributed by atoms with Crippen molar-refractivity contribution in [3.63, 3.8) is 0 Å². The minimum absolute atomic E-state index is 0.0205. The molecule has 0 aliphatic carbocycles. The molecule has 6 nitrogen and oxygen atoms in total. The van der Waals surface area contributed by atoms with E-state index in [0.29, 0.717) is 33.0 Å². The molecule has 2 aromatic carbocycles. The number of rotatable bonds is 8. The van der Waals surface area contributed by atoms with Crippen LogP contribution in [0.25, 0.3) is 10.8 Å². The first-order valence-corrected chi connectivity index (χ1v) is 10.7. The molecule has 0 fully saturated rings. The van der Waals surface area contributed by atoms with Gasteiger partial charge in [-0.3, -0.25) is 0 Å². The maximum atomic E-state index is 12.0. The number of ether oxygens (including phenoxy) is 5. The number of carbonyl (C=O) groups is 1. The molecule has 0 amide bonds. The minimum Gasteiger partial charge on any atom is -0.496 e. The van der Waals surface area contributed by atoms with Gasteiger partial charge in [0.15, 0.2) is 6.79 Å². The van der Waals surface area contributed by atoms with Crippen molar-refractivity contribution >= 4 is 50.9 Å². The zero-order valence-corrected chi connectivity index (χ0v) is 20.5. The number of hydrogen-bond acceptors (Lipinski definition) is 6. The Morgan fingerprint density at radius 2 is 1.93 bits per heavy atom. The number of fused-ring (bicyclic) bond motifs is 1. The van der Waals surface area contributed by atoms with Gasteiger partial charge in [-0.1, -0.05) is 31.4 Å². The van der Waals surface area contributed by atoms with E-state index in [1.54, 1.807) is 13.2 Å². The third kappa shape index (κ3) is 5.62. The van der Waals surface area contributed by atoms with E-state index in [-0.39, 0.29) is 19.3 Å². The Labute approximate surface area is 195 Å². The van der Waals surface area contributed by atoms with E-state index >= 15 is 0 Å². The fraction of sp³-hybridized carbons (Fsp3) is 0.409. The van der Waals surface area contributed by atoms with Gasteiger partial charge in [-0.05, 0) is 35.1 Å². The molecule has 0 bridgehead atoms. The van der Waals surface area contributed by atoms with Crippen LogP contribution in [0.4, 0.5) is 0 Å². The van der Waals surface area contributed by atoms with Crippen LogP contribution in [0.3, 0.4) is 0 Å². The Morgan fingerprint density at radius 1 is 1.20 bits per heavy atom. The summed E-state index contributed by atoms with van der Waals surface area (Å²) >= 11 is 8.52. The fourth-order valence-corrected chi connectivity index (χ4v) is 3.68. The van der Waals surface area contributed by atoms with E-state index in [1.165, 1.54) is 14.2 Å². The predicted octanol–water partition coefficient (Wildman–Crippen LogP) is 5.19. The number of esters is 1. The molecule has 162 valence electrons. The standard InChI is InChI=1S/C22H24ClIO6/c1-6-13(2)7-8-18(25)29-11-14-9-15-17(27-4)10-16(23)21(28-5)19(15)22(20(14)24)30-12-26-3/h9-10,13H,6,11-12H2,1-5H3/t13-/m1/s1. The van der Waals surface area contributed by atoms with Crippen LogP contribution in [0, 0.1) is 21.3 Å². The van der Waals surface area contributed by atoms with E-state index in [4.69, 9.17) is 35.3 Å². The summed E-state index contributed by atoms with van der Waals surface area (Å²) in [6.45, 7) is 4.01. The van der Waals surface area contributed by atoms with E-state index in [1.807, 2.05) is 19.9 Å². The Hall–Kier alpha value is -1.89. The summed E-state index contributed by atoms with van der Waals surface area (Å²) in [5, 5.41) is 1.75. The fourth-order valence-electron chi connectivity index (χ4n) is 2.68. The molecule has 30 heavy (non-hydrogen) atoms. The first-order valence-electron chi connectivity index (χ1n) is 9.23. The minimum atomic E-state index is -0.578. The van der Waals surface area contributed by atoms with Crippen LogP contribution in [0.2, 0.25) is 5.02 Å². The molecule has 0 unspecified atom stereocenters. The van der Waals surface area contributed by atoms with E-state index in [9.17, 15) is 4.79 Å². The van der Waals surface area contributed by atoms with Crippen molar-refractivity contribution in [3.8, 4) is 29.1 Å². The molecule has 2 rings (SSSR count). The van der Waals surface area contributed by atoms with Gasteiger partial charge in [0.2, 0.25) is 0 Å². The molecular weight excluding hydrogens is 523 g/mol. The van der Waals surface area contributed by atoms with Gasteiger partial charge in [-0.15, -0.1) is 0 Å². The Bertz CT molecular complexity index is 979. The number of methoxy groups -OCH3 is 3. The summed E-state index contributed by atoms with van der Waals surface area (Å²) < 4.78 is 28.1. The first kappa shape index (κ1) is 24.4. The second-order valence-corrected chi connectivity index (χ2v) is 7.89. The number of carbonyl (C=O) groups excluding carboxylic acids is 1. The highest BCUT2D eigenvalue weighted by atomic mass is 127. The van der Waals surface area contributed by atoms with Crippen LogP contribution in [0.5, 0.6) is 17.2 Å². The Morgan fingerprint density at radius 3 is 2.53 bits per heavy atom. The molecule has 8 heteroatoms. The van der Waals surface area contributed by atoms with Crippen LogP contribution in [-0.2, 0) is 20.9 Å². The second kappa shape index (κ2) is 11.5. The molecular formula is C22H24ClIO6. The van der Waals surface area contributed by atoms with Gasteiger partial charge in [-0.2, -0.15) is 0 Å². The largest absolute Gasteiger partial charge is 0.496 e. The van der Waals surface area contributed by atoms with Crippen molar-refractivity contribution in [2.75, 3.05) is 28.1 Å². The molecule has 2 aromatic rings. The van der Waals surface area contributed by atoms with E-state index in [2.05, 4.69) is 34.4 Å². The van der Waals surface area contributed by atoms with Gasteiger partial charge in [-0.25, -0.2) is 4.79 Å². The molecule has 0 aliphatic rings. The van der Waals surface area contributed by atoms with Crippen molar-refractivity contribution in [1.29, 1.82) is 0 Å². The smallest absolute Gasteiger partial charge is 0.384 e. The molecule has 0 aromatic heterocycles. The van der Waals surface area contributed by atoms with Crippen LogP contribution >= 0.6 is 34.2 Å². The summed E-state index contributed by atoms with van der Waals surface area (Å²) in [5.74, 6) is 6.46. The molecule has 0 N–H and O–H groups in total. The van der Waals surface area contributed by atoms with Gasteiger partial charge in [0.05, 0.1) is 28.2 Å². The van der Waals surface area contributed by atoms with Crippen molar-refractivity contribution in [2.45, 2.75) is 26.9 Å². The lowest BCUT2D eigenvalue weighted by molar-refractivity contribution is -0.137. The Balaban J connectivity index is 2.55. The van der Waals surface area contributed by atoms with Crippen LogP contribution < -0.4 is 14.2 Å². The molecule has 0 aliphatic heterocycles. The van der Waals surface area contributed by atoms with Gasteiger partial charge < -0.3 is 23.7 Å². The normalized spacial score (nSPS) is 11.4. The highest BCUT2D eigenvalue weighted by molar-refractivity contribution is 14.1. The monoisotopic (exact) mass is 546 g/mol. The van der Waals surface area contributed by atoms with Crippen molar-refractivity contribution in [2.24, 2.45) is 5.92 Å². The molecule has 0 saturated carbocycles. The first-order chi connectivity index (χ1) is 14.4. The molecule has 0 heterocycles. The van der Waals surface area contributed by atoms with Crippen LogP contribution in [-0.4, -0.2) is 34.1 Å². The topological polar surface area (TPSA) is 63.2 Å². The highest BCUT2D eigenvalue weighted by Gasteiger charge is 2.22. The van der Waals surface area contributed by atoms with E-state index < -0.39 is 5.97 Å². The molecule has 0 radical (unpaired) electrons. The lowest BCUT2D eigenvalue weighted by atomic mass is 10.0. The summed E-state index contributed by atoms with van der Waals surface area (Å²) in [6, 6.07) is 3.53. The SMILES string of the molecule is CC[C@@H](C)C#CC(=O)OCc1cc2c(OC)cc(Cl)c(OC)c2c(OCOC)c1I. The summed E-state index contributed by atoms with van der Waals surface area (Å²) in [7, 11) is 4.61. The second-order valence-electron chi connectivity index (χ2n) is 6.40. The average molecular weight is 547 g/mol. The van der Waals surface area contributed by atoms with Gasteiger partial charge in [0.1, 0.15) is 23.9 Å². The lowest BCUT2D eigenvalue weighted by Gasteiger charge is -2.19. The maximum Gasteiger partial charge on any atom is 0.384 e. The predicted molar refractivity (Wildman–Crippen MR) is 124 cm³/mol. The Kier molecular flexibility index (Phi) is 9.34. The summed E-state index contributed by atoms with van der Waals surface area (Å²) in [6.07, 6.45) is 0.868. The summed E-state index contributed by atoms with van der Waals surface area (Å²) in [4.78, 5) is 12.0. The van der Waals surface area contributed by atoms with Crippen molar-refractivity contribution in [1.82, 2.24) is 0 Å². The molecule has 0 saturated heterocycles. The third-order valence-electron chi connectivity index (χ3n) is 4.40. The van der Waals surface area contributed by atoms with Crippen LogP contribution in [0.1, 0.15) is 25.8 Å². The number of hydrogen-bond donors (Lipinski definition) is 0. The average Bonchev–Trinajstić information content (AvgIpc) is 2.75. The van der Waals surface area contributed by atoms with Crippen molar-refractivity contribution < 1.29 is 28.5 Å². The quantitative estimate of drug-likeness (QED) is 0.149. The maximum absolute atomic E-state index is 12.0. The van der Waals surface area contributed by atoms with Crippen LogP contribution in [0.15, 0.2) is 12.1 Å². The zero-order chi connectivity index (χ0) is 22.3. The highest BCUT2D eigenvalue weighted by Crippen LogP contribution is 2.47. The van der Waals surface area contributed by atoms with Gasteiger partial charge >= 0.3 is 5.97 Å². The van der Waals surface area contributed by atoms with Gasteiger partial charge in [0, 0.05) is 36.0 Å². The number of benzene rings is 2. The molecule has 1 atom stereocenters. The summed E-state index contributed by atoms with van der Waals surface area (Å²) in [5.41, 5.74) is 0.732. The van der Waals surface area contributed by atoms with Crippen molar-refractivity contribution in [3.05, 3.63) is 26.3 Å². The number of halogens is 2. The zero-order valence-electron chi connectivity index (χ0n) is 17.6. The van der Waals surface area contributed by atoms with Gasteiger partial charge in [0.25, 0.3) is 0 Å². The lowest BCUT2D eigenvalue weighted by Crippen LogP contribution is -2.07. The van der Waals surface area contributed by atoms with E-state index in [0.717, 1.165) is 15.6 Å².